The topological polar surface area (TPSA) is 513 Å². The second-order valence-electron chi connectivity index (χ2n) is 18.2. The van der Waals surface area contributed by atoms with Gasteiger partial charge in [-0.25, -0.2) is 4.98 Å². The number of nitrogens with one attached hydrogen (secondary N) is 10. The van der Waals surface area contributed by atoms with Crippen LogP contribution in [0.2, 0.25) is 0 Å². The van der Waals surface area contributed by atoms with Gasteiger partial charge in [0.25, 0.3) is 0 Å². The molecule has 23 N–H and O–H groups in total. The molecule has 432 valence electrons. The molecule has 0 saturated carbocycles. The summed E-state index contributed by atoms with van der Waals surface area (Å²) in [6, 6.07) is -2.21. The zero-order chi connectivity index (χ0) is 58.3. The molecule has 2 rings (SSSR count). The van der Waals surface area contributed by atoms with Crippen LogP contribution >= 0.6 is 12.6 Å². The van der Waals surface area contributed by atoms with E-state index in [9.17, 15) is 57.8 Å². The number of hydrogen-bond donors (Lipinski definition) is 18. The molecule has 2 aromatic rings. The van der Waals surface area contributed by atoms with Crippen molar-refractivity contribution in [3.63, 3.8) is 0 Å². The van der Waals surface area contributed by atoms with Crippen LogP contribution in [-0.4, -0.2) is 173 Å². The standard InChI is InChI=1S/C47H76N18O12S/c1-25(2)38(50)46(77)62-30(13-14-35(49)67)40(71)56-21-37(69)60-33(22-66)44(75)64-32(18-27-19-54-24-58-27)43(74)65-34(23-78)45(76)63-31(17-26-9-4-3-5-10-26)41(72)57-20-36(68)59-29(12-8-16-55-47(52)53)42(73)61-28(39(51)70)11-6-7-15-48/h3-5,9-10,19,24-25,28-34,38,66,78H,6-8,11-18,20-23,48,50H2,1-2H3,(H2,49,67)(H2,51,70)(H,54,58)(H,56,71)(H,57,72)(H,59,68)(H,60,69)(H,61,73)(H,62,77)(H,63,76)(H,64,75)(H,65,74)(H4,52,53,55)/t28-,29-,30-,31-,32-,33-,34-,38-/m0/s1. The lowest BCUT2D eigenvalue weighted by molar-refractivity contribution is -0.135. The molecule has 0 bridgehead atoms. The van der Waals surface area contributed by atoms with Crippen molar-refractivity contribution < 1.29 is 57.8 Å². The van der Waals surface area contributed by atoms with Crippen molar-refractivity contribution >= 4 is 83.6 Å². The van der Waals surface area contributed by atoms with Crippen molar-refractivity contribution in [3.8, 4) is 0 Å². The predicted octanol–water partition coefficient (Wildman–Crippen LogP) is -7.34. The van der Waals surface area contributed by atoms with E-state index in [1.54, 1.807) is 44.2 Å². The summed E-state index contributed by atoms with van der Waals surface area (Å²) in [4.78, 5) is 155. The van der Waals surface area contributed by atoms with Crippen LogP contribution in [0.15, 0.2) is 47.8 Å². The second-order valence-corrected chi connectivity index (χ2v) is 18.6. The molecular weight excluding hydrogens is 1040 g/mol. The minimum Gasteiger partial charge on any atom is -0.394 e. The Labute approximate surface area is 455 Å². The molecule has 0 saturated heterocycles. The lowest BCUT2D eigenvalue weighted by Gasteiger charge is -2.26. The van der Waals surface area contributed by atoms with Gasteiger partial charge in [-0.2, -0.15) is 12.6 Å². The molecule has 0 aliphatic carbocycles. The number of thiol groups is 1. The van der Waals surface area contributed by atoms with Gasteiger partial charge in [-0.15, -0.1) is 0 Å². The quantitative estimate of drug-likeness (QED) is 0.0129. The van der Waals surface area contributed by atoms with Gasteiger partial charge in [-0.05, 0) is 56.6 Å². The Bertz CT molecular complexity index is 2340. The van der Waals surface area contributed by atoms with Gasteiger partial charge >= 0.3 is 0 Å². The average molecular weight is 1120 g/mol. The zero-order valence-electron chi connectivity index (χ0n) is 43.6. The number of aliphatic hydroxyl groups excluding tert-OH is 1. The summed E-state index contributed by atoms with van der Waals surface area (Å²) >= 11 is 4.25. The lowest BCUT2D eigenvalue weighted by atomic mass is 10.0. The zero-order valence-corrected chi connectivity index (χ0v) is 44.5. The van der Waals surface area contributed by atoms with Crippen molar-refractivity contribution in [1.82, 2.24) is 57.8 Å². The number of aliphatic imine (C=N–C) groups is 1. The van der Waals surface area contributed by atoms with Gasteiger partial charge in [0.2, 0.25) is 65.0 Å². The van der Waals surface area contributed by atoms with E-state index >= 15 is 0 Å². The number of H-pyrrole nitrogens is 1. The van der Waals surface area contributed by atoms with Gasteiger partial charge in [0.15, 0.2) is 5.96 Å². The monoisotopic (exact) mass is 1120 g/mol. The highest BCUT2D eigenvalue weighted by Gasteiger charge is 2.33. The van der Waals surface area contributed by atoms with Gasteiger partial charge < -0.3 is 92.3 Å². The van der Waals surface area contributed by atoms with Crippen LogP contribution in [0.25, 0.3) is 0 Å². The number of hydrogen-bond acceptors (Lipinski definition) is 17. The molecule has 0 spiro atoms. The molecule has 0 fully saturated rings. The first-order valence-electron chi connectivity index (χ1n) is 25.0. The maximum atomic E-state index is 14.0. The molecule has 1 heterocycles. The van der Waals surface area contributed by atoms with Crippen LogP contribution in [0.5, 0.6) is 0 Å². The van der Waals surface area contributed by atoms with E-state index in [0.717, 1.165) is 0 Å². The van der Waals surface area contributed by atoms with E-state index in [1.165, 1.54) is 12.5 Å². The van der Waals surface area contributed by atoms with Crippen molar-refractivity contribution in [2.24, 2.45) is 45.3 Å². The number of primary amides is 2. The maximum absolute atomic E-state index is 14.0. The Morgan fingerprint density at radius 1 is 0.628 bits per heavy atom. The van der Waals surface area contributed by atoms with Crippen molar-refractivity contribution in [3.05, 3.63) is 54.1 Å². The summed E-state index contributed by atoms with van der Waals surface area (Å²) in [7, 11) is 0. The first-order valence-corrected chi connectivity index (χ1v) is 25.6. The molecule has 0 unspecified atom stereocenters. The van der Waals surface area contributed by atoms with Crippen LogP contribution < -0.4 is 82.3 Å². The third-order valence-corrected chi connectivity index (χ3v) is 11.9. The molecule has 31 heteroatoms. The lowest BCUT2D eigenvalue weighted by Crippen LogP contribution is -2.60. The maximum Gasteiger partial charge on any atom is 0.245 e. The summed E-state index contributed by atoms with van der Waals surface area (Å²) in [6.07, 6.45) is 3.21. The number of guanidine groups is 1. The minimum atomic E-state index is -1.70. The molecule has 0 aliphatic rings. The summed E-state index contributed by atoms with van der Waals surface area (Å²) in [5.74, 6) is -10.3. The van der Waals surface area contributed by atoms with Gasteiger partial charge in [-0.1, -0.05) is 44.2 Å². The van der Waals surface area contributed by atoms with Crippen molar-refractivity contribution in [2.75, 3.05) is 38.5 Å². The number of aromatic nitrogens is 2. The van der Waals surface area contributed by atoms with Gasteiger partial charge in [0.05, 0.1) is 32.1 Å². The Kier molecular flexibility index (Phi) is 30.1. The number of aromatic amines is 1. The summed E-state index contributed by atoms with van der Waals surface area (Å²) in [5, 5.41) is 32.1. The van der Waals surface area contributed by atoms with Crippen LogP contribution in [0.1, 0.15) is 70.1 Å². The Balaban J connectivity index is 2.24. The van der Waals surface area contributed by atoms with Gasteiger partial charge in [0.1, 0.15) is 42.3 Å². The number of unbranched alkanes of at least 4 members (excludes halogenated alkanes) is 1. The molecule has 0 aliphatic heterocycles. The smallest absolute Gasteiger partial charge is 0.245 e. The highest BCUT2D eigenvalue weighted by molar-refractivity contribution is 7.80. The number of imidazole rings is 1. The molecule has 11 amide bonds. The number of carbonyl (C=O) groups excluding carboxylic acids is 11. The van der Waals surface area contributed by atoms with E-state index in [4.69, 9.17) is 34.4 Å². The minimum absolute atomic E-state index is 0.00846. The molecule has 30 nitrogen and oxygen atoms in total. The first kappa shape index (κ1) is 66.2. The molecule has 0 radical (unpaired) electrons. The van der Waals surface area contributed by atoms with E-state index in [-0.39, 0.29) is 69.1 Å². The summed E-state index contributed by atoms with van der Waals surface area (Å²) in [6.45, 7) is 1.35. The van der Waals surface area contributed by atoms with Crippen LogP contribution in [0.4, 0.5) is 0 Å². The molecular formula is C47H76N18O12S. The highest BCUT2D eigenvalue weighted by atomic mass is 32.1. The van der Waals surface area contributed by atoms with Crippen LogP contribution in [0.3, 0.4) is 0 Å². The highest BCUT2D eigenvalue weighted by Crippen LogP contribution is 2.08. The fraction of sp³-hybridized carbons (Fsp3) is 0.553. The Morgan fingerprint density at radius 3 is 1.68 bits per heavy atom. The number of nitrogens with zero attached hydrogens (tertiary/aromatic N) is 2. The molecule has 1 aromatic carbocycles. The van der Waals surface area contributed by atoms with Gasteiger partial charge in [-0.3, -0.25) is 57.7 Å². The van der Waals surface area contributed by atoms with E-state index in [2.05, 4.69) is 75.4 Å². The molecule has 8 atom stereocenters. The number of benzene rings is 1. The number of nitrogens with two attached hydrogens (primary N) is 6. The van der Waals surface area contributed by atoms with E-state index < -0.39 is 133 Å². The number of rotatable bonds is 37. The third-order valence-electron chi connectivity index (χ3n) is 11.6. The van der Waals surface area contributed by atoms with E-state index in [1.807, 2.05) is 0 Å². The fourth-order valence-electron chi connectivity index (χ4n) is 7.11. The SMILES string of the molecule is CC(C)[C@H](N)C(=O)N[C@@H](CCC(N)=O)C(=O)NCC(=O)N[C@@H](CO)C(=O)N[C@@H](Cc1cnc[nH]1)C(=O)N[C@@H](CS)C(=O)N[C@@H](Cc1ccccc1)C(=O)NCC(=O)N[C@@H](CCCN=C(N)N)C(=O)N[C@@H](CCCCN)C(N)=O. The fourth-order valence-corrected chi connectivity index (χ4v) is 7.37. The average Bonchev–Trinajstić information content (AvgIpc) is 3.92. The normalized spacial score (nSPS) is 14.0. The van der Waals surface area contributed by atoms with Crippen LogP contribution in [0, 0.1) is 5.92 Å². The predicted molar refractivity (Wildman–Crippen MR) is 286 cm³/mol. The summed E-state index contributed by atoms with van der Waals surface area (Å²) < 4.78 is 0. The molecule has 1 aromatic heterocycles. The third kappa shape index (κ3) is 25.3. The summed E-state index contributed by atoms with van der Waals surface area (Å²) in [5.41, 5.74) is 33.9. The van der Waals surface area contributed by atoms with Crippen molar-refractivity contribution in [2.45, 2.75) is 120 Å². The van der Waals surface area contributed by atoms with E-state index in [0.29, 0.717) is 30.6 Å². The second kappa shape index (κ2) is 35.4. The number of carbonyl (C=O) groups is 11. The Morgan fingerprint density at radius 2 is 1.14 bits per heavy atom. The van der Waals surface area contributed by atoms with Gasteiger partial charge in [0, 0.05) is 43.5 Å². The van der Waals surface area contributed by atoms with Crippen LogP contribution in [-0.2, 0) is 65.6 Å². The van der Waals surface area contributed by atoms with Crippen molar-refractivity contribution in [1.29, 1.82) is 0 Å². The largest absolute Gasteiger partial charge is 0.394 e. The number of aliphatic hydroxyl groups is 1. The first-order chi connectivity index (χ1) is 37.0. The molecule has 78 heavy (non-hydrogen) atoms. The Hall–Kier alpha value is -7.90. The number of amides is 11.